The normalized spacial score (nSPS) is 18.5. The Morgan fingerprint density at radius 2 is 2.24 bits per heavy atom. The minimum absolute atomic E-state index is 0. The fourth-order valence-electron chi connectivity index (χ4n) is 1.70. The number of aromatic nitrogens is 1. The number of piperidine rings is 1. The highest BCUT2D eigenvalue weighted by atomic mass is 35.5. The molecule has 0 spiro atoms. The van der Waals surface area contributed by atoms with E-state index in [9.17, 15) is 0 Å². The van der Waals surface area contributed by atoms with Crippen LogP contribution in [0.25, 0.3) is 0 Å². The first-order valence-corrected chi connectivity index (χ1v) is 5.26. The van der Waals surface area contributed by atoms with Crippen molar-refractivity contribution in [2.75, 3.05) is 20.2 Å². The zero-order valence-corrected chi connectivity index (χ0v) is 11.4. The second-order valence-electron chi connectivity index (χ2n) is 3.60. The van der Waals surface area contributed by atoms with Crippen molar-refractivity contribution in [3.63, 3.8) is 0 Å². The van der Waals surface area contributed by atoms with Crippen molar-refractivity contribution in [2.45, 2.75) is 18.9 Å². The third-order valence-corrected chi connectivity index (χ3v) is 2.49. The summed E-state index contributed by atoms with van der Waals surface area (Å²) in [6.07, 6.45) is 4.16. The van der Waals surface area contributed by atoms with E-state index in [1.807, 2.05) is 12.1 Å². The lowest BCUT2D eigenvalue weighted by Gasteiger charge is -2.23. The third-order valence-electron chi connectivity index (χ3n) is 2.49. The van der Waals surface area contributed by atoms with Crippen LogP contribution in [-0.4, -0.2) is 31.3 Å². The molecule has 1 N–H and O–H groups in total. The first-order chi connectivity index (χ1) is 7.40. The Labute approximate surface area is 114 Å². The number of rotatable bonds is 3. The molecule has 1 aromatic heterocycles. The number of halogens is 2. The number of ether oxygens (including phenoxy) is 2. The number of hydrogen-bond donors (Lipinski definition) is 1. The maximum atomic E-state index is 5.78. The fraction of sp³-hybridized carbons (Fsp3) is 0.545. The molecule has 17 heavy (non-hydrogen) atoms. The minimum atomic E-state index is 0. The summed E-state index contributed by atoms with van der Waals surface area (Å²) in [5.74, 6) is 1.29. The Bertz CT molecular complexity index is 320. The molecular formula is C11H18Cl2N2O2. The van der Waals surface area contributed by atoms with Gasteiger partial charge in [-0.1, -0.05) is 0 Å². The van der Waals surface area contributed by atoms with Crippen LogP contribution < -0.4 is 14.8 Å². The highest BCUT2D eigenvalue weighted by Crippen LogP contribution is 2.24. The molecule has 1 saturated heterocycles. The van der Waals surface area contributed by atoms with Gasteiger partial charge in [0.1, 0.15) is 6.10 Å². The van der Waals surface area contributed by atoms with E-state index in [4.69, 9.17) is 9.47 Å². The van der Waals surface area contributed by atoms with Crippen LogP contribution >= 0.6 is 24.8 Å². The van der Waals surface area contributed by atoms with E-state index in [1.165, 1.54) is 0 Å². The molecule has 0 amide bonds. The minimum Gasteiger partial charge on any atom is -0.491 e. The molecule has 1 aliphatic rings. The Morgan fingerprint density at radius 3 is 2.88 bits per heavy atom. The molecule has 4 nitrogen and oxygen atoms in total. The van der Waals surface area contributed by atoms with E-state index >= 15 is 0 Å². The quantitative estimate of drug-likeness (QED) is 0.921. The summed E-state index contributed by atoms with van der Waals surface area (Å²) in [5.41, 5.74) is 0. The predicted octanol–water partition coefficient (Wildman–Crippen LogP) is 2.06. The molecule has 0 bridgehead atoms. The Kier molecular flexibility index (Phi) is 8.04. The van der Waals surface area contributed by atoms with Gasteiger partial charge in [-0.15, -0.1) is 24.8 Å². The highest BCUT2D eigenvalue weighted by molar-refractivity contribution is 5.85. The fourth-order valence-corrected chi connectivity index (χ4v) is 1.70. The number of pyridine rings is 1. The van der Waals surface area contributed by atoms with Gasteiger partial charge in [0.15, 0.2) is 5.75 Å². The van der Waals surface area contributed by atoms with E-state index in [2.05, 4.69) is 10.3 Å². The van der Waals surface area contributed by atoms with E-state index in [1.54, 1.807) is 13.3 Å². The summed E-state index contributed by atoms with van der Waals surface area (Å²) in [5, 5.41) is 3.30. The van der Waals surface area contributed by atoms with Crippen molar-refractivity contribution in [2.24, 2.45) is 0 Å². The zero-order chi connectivity index (χ0) is 10.5. The monoisotopic (exact) mass is 280 g/mol. The topological polar surface area (TPSA) is 43.4 Å². The van der Waals surface area contributed by atoms with Crippen LogP contribution in [0.15, 0.2) is 18.3 Å². The summed E-state index contributed by atoms with van der Waals surface area (Å²) < 4.78 is 11.0. The van der Waals surface area contributed by atoms with Crippen molar-refractivity contribution in [1.29, 1.82) is 0 Å². The maximum absolute atomic E-state index is 5.78. The van der Waals surface area contributed by atoms with Crippen molar-refractivity contribution in [3.05, 3.63) is 18.3 Å². The largest absolute Gasteiger partial charge is 0.491 e. The molecular weight excluding hydrogens is 263 g/mol. The van der Waals surface area contributed by atoms with Crippen molar-refractivity contribution in [3.8, 4) is 11.6 Å². The molecule has 0 radical (unpaired) electrons. The third kappa shape index (κ3) is 4.58. The average Bonchev–Trinajstić information content (AvgIpc) is 2.31. The predicted molar refractivity (Wildman–Crippen MR) is 71.8 cm³/mol. The van der Waals surface area contributed by atoms with Gasteiger partial charge in [0.25, 0.3) is 5.88 Å². The van der Waals surface area contributed by atoms with Gasteiger partial charge in [-0.05, 0) is 31.5 Å². The van der Waals surface area contributed by atoms with Gasteiger partial charge < -0.3 is 14.8 Å². The smallest absolute Gasteiger partial charge is 0.257 e. The van der Waals surface area contributed by atoms with Crippen molar-refractivity contribution in [1.82, 2.24) is 10.3 Å². The van der Waals surface area contributed by atoms with Crippen LogP contribution in [0.5, 0.6) is 11.6 Å². The standard InChI is InChI=1S/C11H16N2O2.2ClH/c1-14-10-5-3-7-13-11(10)15-9-4-2-6-12-8-9;;/h3,5,7,9,12H,2,4,6,8H2,1H3;2*1H. The van der Waals surface area contributed by atoms with Crippen LogP contribution in [-0.2, 0) is 0 Å². The molecule has 0 aromatic carbocycles. The van der Waals surface area contributed by atoms with Gasteiger partial charge in [0.05, 0.1) is 7.11 Å². The maximum Gasteiger partial charge on any atom is 0.257 e. The number of methoxy groups -OCH3 is 1. The molecule has 0 aliphatic carbocycles. The molecule has 0 saturated carbocycles. The summed E-state index contributed by atoms with van der Waals surface area (Å²) in [4.78, 5) is 4.17. The molecule has 1 aromatic rings. The first kappa shape index (κ1) is 16.3. The zero-order valence-electron chi connectivity index (χ0n) is 9.72. The number of nitrogens with zero attached hydrogens (tertiary/aromatic N) is 1. The van der Waals surface area contributed by atoms with Gasteiger partial charge in [-0.25, -0.2) is 4.98 Å². The lowest BCUT2D eigenvalue weighted by atomic mass is 10.1. The molecule has 1 aliphatic heterocycles. The average molecular weight is 281 g/mol. The summed E-state index contributed by atoms with van der Waals surface area (Å²) in [6.45, 7) is 1.97. The van der Waals surface area contributed by atoms with Gasteiger partial charge in [0.2, 0.25) is 0 Å². The van der Waals surface area contributed by atoms with Gasteiger partial charge in [-0.2, -0.15) is 0 Å². The molecule has 98 valence electrons. The van der Waals surface area contributed by atoms with Crippen molar-refractivity contribution < 1.29 is 9.47 Å². The Balaban J connectivity index is 0.00000128. The van der Waals surface area contributed by atoms with Crippen LogP contribution in [0.3, 0.4) is 0 Å². The van der Waals surface area contributed by atoms with Crippen molar-refractivity contribution >= 4 is 24.8 Å². The Hall–Kier alpha value is -0.710. The molecule has 2 rings (SSSR count). The van der Waals surface area contributed by atoms with Crippen LogP contribution in [0.2, 0.25) is 0 Å². The molecule has 1 unspecified atom stereocenters. The number of nitrogens with one attached hydrogen (secondary N) is 1. The summed E-state index contributed by atoms with van der Waals surface area (Å²) >= 11 is 0. The van der Waals surface area contributed by atoms with Gasteiger partial charge in [-0.3, -0.25) is 0 Å². The summed E-state index contributed by atoms with van der Waals surface area (Å²) in [6, 6.07) is 3.70. The van der Waals surface area contributed by atoms with Gasteiger partial charge in [0, 0.05) is 12.7 Å². The lowest BCUT2D eigenvalue weighted by molar-refractivity contribution is 0.154. The van der Waals surface area contributed by atoms with E-state index in [-0.39, 0.29) is 30.9 Å². The Morgan fingerprint density at radius 1 is 1.41 bits per heavy atom. The van der Waals surface area contributed by atoms with E-state index in [0.29, 0.717) is 11.6 Å². The second kappa shape index (κ2) is 8.39. The van der Waals surface area contributed by atoms with Crippen LogP contribution in [0, 0.1) is 0 Å². The second-order valence-corrected chi connectivity index (χ2v) is 3.60. The molecule has 1 fully saturated rings. The molecule has 6 heteroatoms. The van der Waals surface area contributed by atoms with E-state index in [0.717, 1.165) is 25.9 Å². The van der Waals surface area contributed by atoms with Gasteiger partial charge >= 0.3 is 0 Å². The summed E-state index contributed by atoms with van der Waals surface area (Å²) in [7, 11) is 1.63. The van der Waals surface area contributed by atoms with Crippen LogP contribution in [0.4, 0.5) is 0 Å². The first-order valence-electron chi connectivity index (χ1n) is 5.26. The molecule has 2 heterocycles. The highest BCUT2D eigenvalue weighted by Gasteiger charge is 2.16. The van der Waals surface area contributed by atoms with Crippen LogP contribution in [0.1, 0.15) is 12.8 Å². The SMILES string of the molecule is COc1cccnc1OC1CCCNC1.Cl.Cl. The lowest BCUT2D eigenvalue weighted by Crippen LogP contribution is -2.37. The van der Waals surface area contributed by atoms with E-state index < -0.39 is 0 Å². The number of hydrogen-bond acceptors (Lipinski definition) is 4. The molecule has 1 atom stereocenters.